The first-order valence-corrected chi connectivity index (χ1v) is 11.0. The van der Waals surface area contributed by atoms with Crippen LogP contribution in [0.3, 0.4) is 0 Å². The van der Waals surface area contributed by atoms with Crippen LogP contribution in [0.1, 0.15) is 52.6 Å². The minimum absolute atomic E-state index is 0.0384. The van der Waals surface area contributed by atoms with Crippen molar-refractivity contribution in [1.29, 1.82) is 0 Å². The van der Waals surface area contributed by atoms with Gasteiger partial charge in [-0.2, -0.15) is 13.2 Å². The van der Waals surface area contributed by atoms with E-state index in [4.69, 9.17) is 0 Å². The Hall–Kier alpha value is -3.36. The standard InChI is InChI=1S/C25H28F3N3O3/c1-24(2,3)18-10-8-17(9-11-18)22(33)29-16-21(32)30-12-14-31(15-13-30)23(34)19-6-4-5-7-20(19)25(26,27)28/h4-11H,12-16H2,1-3H3,(H,29,33). The van der Waals surface area contributed by atoms with Gasteiger partial charge >= 0.3 is 6.18 Å². The molecule has 1 heterocycles. The quantitative estimate of drug-likeness (QED) is 0.733. The molecule has 0 saturated carbocycles. The van der Waals surface area contributed by atoms with E-state index < -0.39 is 23.2 Å². The SMILES string of the molecule is CC(C)(C)c1ccc(C(=O)NCC(=O)N2CCN(C(=O)c3ccccc3C(F)(F)F)CC2)cc1. The van der Waals surface area contributed by atoms with Crippen LogP contribution in [0, 0.1) is 0 Å². The summed E-state index contributed by atoms with van der Waals surface area (Å²) in [5, 5.41) is 2.60. The van der Waals surface area contributed by atoms with Gasteiger partial charge in [0.1, 0.15) is 0 Å². The number of nitrogens with zero attached hydrogens (tertiary/aromatic N) is 2. The number of rotatable bonds is 4. The van der Waals surface area contributed by atoms with Crippen molar-refractivity contribution in [3.63, 3.8) is 0 Å². The molecule has 0 aliphatic carbocycles. The predicted octanol–water partition coefficient (Wildman–Crippen LogP) is 3.72. The van der Waals surface area contributed by atoms with Crippen molar-refractivity contribution in [2.45, 2.75) is 32.4 Å². The number of hydrogen-bond acceptors (Lipinski definition) is 3. The highest BCUT2D eigenvalue weighted by atomic mass is 19.4. The van der Waals surface area contributed by atoms with Gasteiger partial charge in [0, 0.05) is 31.7 Å². The first-order valence-electron chi connectivity index (χ1n) is 11.0. The fraction of sp³-hybridized carbons (Fsp3) is 0.400. The molecule has 2 aromatic carbocycles. The van der Waals surface area contributed by atoms with E-state index >= 15 is 0 Å². The Labute approximate surface area is 196 Å². The Kier molecular flexibility index (Phi) is 7.33. The maximum atomic E-state index is 13.2. The lowest BCUT2D eigenvalue weighted by Crippen LogP contribution is -2.52. The zero-order valence-electron chi connectivity index (χ0n) is 19.4. The molecule has 1 aliphatic rings. The van der Waals surface area contributed by atoms with E-state index in [-0.39, 0.29) is 50.0 Å². The fourth-order valence-electron chi connectivity index (χ4n) is 3.74. The lowest BCUT2D eigenvalue weighted by Gasteiger charge is -2.35. The summed E-state index contributed by atoms with van der Waals surface area (Å²) in [7, 11) is 0. The average Bonchev–Trinajstić information content (AvgIpc) is 2.81. The van der Waals surface area contributed by atoms with Crippen molar-refractivity contribution in [2.75, 3.05) is 32.7 Å². The smallest absolute Gasteiger partial charge is 0.343 e. The van der Waals surface area contributed by atoms with Gasteiger partial charge in [-0.3, -0.25) is 14.4 Å². The third-order valence-corrected chi connectivity index (χ3v) is 5.80. The third-order valence-electron chi connectivity index (χ3n) is 5.80. The molecule has 2 aromatic rings. The van der Waals surface area contributed by atoms with Crippen molar-refractivity contribution in [2.24, 2.45) is 0 Å². The molecular weight excluding hydrogens is 447 g/mol. The molecule has 3 amide bonds. The predicted molar refractivity (Wildman–Crippen MR) is 121 cm³/mol. The lowest BCUT2D eigenvalue weighted by molar-refractivity contribution is -0.138. The van der Waals surface area contributed by atoms with Crippen LogP contribution in [0.2, 0.25) is 0 Å². The van der Waals surface area contributed by atoms with E-state index in [1.165, 1.54) is 21.9 Å². The summed E-state index contributed by atoms with van der Waals surface area (Å²) in [6.07, 6.45) is -4.63. The van der Waals surface area contributed by atoms with E-state index in [0.717, 1.165) is 17.7 Å². The lowest BCUT2D eigenvalue weighted by atomic mass is 9.87. The van der Waals surface area contributed by atoms with Crippen LogP contribution in [-0.4, -0.2) is 60.2 Å². The Morgan fingerprint density at radius 2 is 1.41 bits per heavy atom. The van der Waals surface area contributed by atoms with Gasteiger partial charge in [0.05, 0.1) is 17.7 Å². The first-order chi connectivity index (χ1) is 15.9. The normalized spacial score (nSPS) is 14.6. The van der Waals surface area contributed by atoms with Crippen LogP contribution in [0.25, 0.3) is 0 Å². The number of nitrogens with one attached hydrogen (secondary N) is 1. The highest BCUT2D eigenvalue weighted by Crippen LogP contribution is 2.32. The molecule has 0 bridgehead atoms. The molecule has 1 aliphatic heterocycles. The molecule has 1 saturated heterocycles. The second kappa shape index (κ2) is 9.87. The van der Waals surface area contributed by atoms with Crippen LogP contribution in [0.15, 0.2) is 48.5 Å². The van der Waals surface area contributed by atoms with E-state index in [2.05, 4.69) is 26.1 Å². The number of carbonyl (C=O) groups excluding carboxylic acids is 3. The topological polar surface area (TPSA) is 69.7 Å². The summed E-state index contributed by atoms with van der Waals surface area (Å²) in [6.45, 7) is 6.59. The van der Waals surface area contributed by atoms with Gasteiger partial charge in [-0.1, -0.05) is 45.0 Å². The van der Waals surface area contributed by atoms with Gasteiger partial charge in [-0.25, -0.2) is 0 Å². The van der Waals surface area contributed by atoms with Gasteiger partial charge in [0.25, 0.3) is 11.8 Å². The molecule has 0 spiro atoms. The average molecular weight is 476 g/mol. The van der Waals surface area contributed by atoms with Crippen molar-refractivity contribution in [3.8, 4) is 0 Å². The molecule has 0 aromatic heterocycles. The highest BCUT2D eigenvalue weighted by molar-refractivity contribution is 5.97. The molecular formula is C25H28F3N3O3. The van der Waals surface area contributed by atoms with E-state index in [1.807, 2.05) is 12.1 Å². The third kappa shape index (κ3) is 5.95. The van der Waals surface area contributed by atoms with E-state index in [0.29, 0.717) is 5.56 Å². The van der Waals surface area contributed by atoms with Crippen LogP contribution in [0.4, 0.5) is 13.2 Å². The molecule has 6 nitrogen and oxygen atoms in total. The molecule has 0 atom stereocenters. The van der Waals surface area contributed by atoms with Crippen LogP contribution < -0.4 is 5.32 Å². The van der Waals surface area contributed by atoms with Crippen molar-refractivity contribution in [1.82, 2.24) is 15.1 Å². The van der Waals surface area contributed by atoms with Gasteiger partial charge in [0.15, 0.2) is 0 Å². The zero-order valence-corrected chi connectivity index (χ0v) is 19.4. The van der Waals surface area contributed by atoms with Crippen molar-refractivity contribution >= 4 is 17.7 Å². The molecule has 1 fully saturated rings. The van der Waals surface area contributed by atoms with Crippen molar-refractivity contribution in [3.05, 3.63) is 70.8 Å². The molecule has 34 heavy (non-hydrogen) atoms. The Morgan fingerprint density at radius 3 is 1.97 bits per heavy atom. The highest BCUT2D eigenvalue weighted by Gasteiger charge is 2.36. The second-order valence-corrected chi connectivity index (χ2v) is 9.23. The molecule has 9 heteroatoms. The number of alkyl halides is 3. The van der Waals surface area contributed by atoms with Gasteiger partial charge in [-0.15, -0.1) is 0 Å². The summed E-state index contributed by atoms with van der Waals surface area (Å²) in [6, 6.07) is 11.9. The Balaban J connectivity index is 1.52. The maximum absolute atomic E-state index is 13.2. The maximum Gasteiger partial charge on any atom is 0.417 e. The number of amides is 3. The van der Waals surface area contributed by atoms with E-state index in [9.17, 15) is 27.6 Å². The summed E-state index contributed by atoms with van der Waals surface area (Å²) in [5.74, 6) is -1.40. The number of halogens is 3. The zero-order chi connectivity index (χ0) is 25.1. The van der Waals surface area contributed by atoms with Crippen LogP contribution >= 0.6 is 0 Å². The summed E-state index contributed by atoms with van der Waals surface area (Å²) in [5.41, 5.74) is 0.116. The second-order valence-electron chi connectivity index (χ2n) is 9.23. The largest absolute Gasteiger partial charge is 0.417 e. The Morgan fingerprint density at radius 1 is 0.853 bits per heavy atom. The molecule has 0 unspecified atom stereocenters. The summed E-state index contributed by atoms with van der Waals surface area (Å²) >= 11 is 0. The number of hydrogen-bond donors (Lipinski definition) is 1. The van der Waals surface area contributed by atoms with Crippen LogP contribution in [0.5, 0.6) is 0 Å². The number of benzene rings is 2. The summed E-state index contributed by atoms with van der Waals surface area (Å²) < 4.78 is 39.7. The molecule has 1 N–H and O–H groups in total. The Bertz CT molecular complexity index is 1050. The molecule has 3 rings (SSSR count). The van der Waals surface area contributed by atoms with Gasteiger partial charge in [-0.05, 0) is 35.2 Å². The minimum atomic E-state index is -4.63. The van der Waals surface area contributed by atoms with Gasteiger partial charge < -0.3 is 15.1 Å². The minimum Gasteiger partial charge on any atom is -0.343 e. The molecule has 182 valence electrons. The first kappa shape index (κ1) is 25.3. The number of carbonyl (C=O) groups is 3. The molecule has 0 radical (unpaired) electrons. The van der Waals surface area contributed by atoms with Crippen molar-refractivity contribution < 1.29 is 27.6 Å². The van der Waals surface area contributed by atoms with Crippen LogP contribution in [-0.2, 0) is 16.4 Å². The number of piperazine rings is 1. The monoisotopic (exact) mass is 475 g/mol. The fourth-order valence-corrected chi connectivity index (χ4v) is 3.74. The van der Waals surface area contributed by atoms with Gasteiger partial charge in [0.2, 0.25) is 5.91 Å². The van der Waals surface area contributed by atoms with E-state index in [1.54, 1.807) is 12.1 Å². The summed E-state index contributed by atoms with van der Waals surface area (Å²) in [4.78, 5) is 40.4.